The summed E-state index contributed by atoms with van der Waals surface area (Å²) in [5, 5.41) is 0. The van der Waals surface area contributed by atoms with Gasteiger partial charge in [-0.15, -0.1) is 0 Å². The maximum Gasteiger partial charge on any atom is 0.418 e. The van der Waals surface area contributed by atoms with Crippen molar-refractivity contribution in [3.05, 3.63) is 29.1 Å². The van der Waals surface area contributed by atoms with E-state index in [-0.39, 0.29) is 30.7 Å². The van der Waals surface area contributed by atoms with Crippen molar-refractivity contribution < 1.29 is 37.0 Å². The molecule has 28 heavy (non-hydrogen) atoms. The highest BCUT2D eigenvalue weighted by Gasteiger charge is 2.50. The van der Waals surface area contributed by atoms with E-state index < -0.39 is 47.3 Å². The molecule has 2 bridgehead atoms. The molecule has 1 aromatic heterocycles. The van der Waals surface area contributed by atoms with E-state index in [1.165, 1.54) is 7.11 Å². The summed E-state index contributed by atoms with van der Waals surface area (Å²) in [4.78, 5) is 41.5. The van der Waals surface area contributed by atoms with Gasteiger partial charge in [0.2, 0.25) is 0 Å². The smallest absolute Gasteiger partial charge is 0.382 e. The van der Waals surface area contributed by atoms with E-state index in [1.807, 2.05) is 0 Å². The Balaban J connectivity index is 1.87. The Labute approximate surface area is 159 Å². The first-order chi connectivity index (χ1) is 13.2. The number of rotatable bonds is 7. The van der Waals surface area contributed by atoms with Gasteiger partial charge in [-0.1, -0.05) is 0 Å². The third-order valence-corrected chi connectivity index (χ3v) is 5.27. The van der Waals surface area contributed by atoms with E-state index in [4.69, 9.17) is 9.47 Å². The van der Waals surface area contributed by atoms with Gasteiger partial charge in [0.15, 0.2) is 17.3 Å². The first-order valence-electron chi connectivity index (χ1n) is 8.99. The third-order valence-electron chi connectivity index (χ3n) is 5.27. The fourth-order valence-electron chi connectivity index (χ4n) is 3.83. The highest BCUT2D eigenvalue weighted by atomic mass is 19.4. The standard InChI is InChI=1S/C19H20F3NO5/c1-27-6-7-28-9-14-12(19(20,21)22)4-5-13(23-14)18(26)15-16(24)10-2-3-11(8-10)17(15)25/h4-5,10-11,15H,2-3,6-9H2,1H3. The van der Waals surface area contributed by atoms with Crippen molar-refractivity contribution in [2.24, 2.45) is 17.8 Å². The summed E-state index contributed by atoms with van der Waals surface area (Å²) in [6.45, 7) is -0.235. The molecule has 0 N–H and O–H groups in total. The van der Waals surface area contributed by atoms with Crippen LogP contribution in [0.4, 0.5) is 13.2 Å². The quantitative estimate of drug-likeness (QED) is 0.398. The first-order valence-corrected chi connectivity index (χ1v) is 8.99. The Hall–Kier alpha value is -2.13. The Morgan fingerprint density at radius 2 is 1.79 bits per heavy atom. The number of methoxy groups -OCH3 is 1. The van der Waals surface area contributed by atoms with Crippen LogP contribution in [0.15, 0.2) is 12.1 Å². The van der Waals surface area contributed by atoms with Gasteiger partial charge in [-0.2, -0.15) is 13.2 Å². The molecule has 2 unspecified atom stereocenters. The number of halogens is 3. The second kappa shape index (κ2) is 8.08. The number of carbonyl (C=O) groups is 3. The highest BCUT2D eigenvalue weighted by molar-refractivity contribution is 6.26. The predicted octanol–water partition coefficient (Wildman–Crippen LogP) is 2.63. The Morgan fingerprint density at radius 1 is 1.14 bits per heavy atom. The topological polar surface area (TPSA) is 82.6 Å². The minimum atomic E-state index is -4.68. The number of ketones is 3. The van der Waals surface area contributed by atoms with E-state index in [2.05, 4.69) is 4.98 Å². The fourth-order valence-corrected chi connectivity index (χ4v) is 3.83. The largest absolute Gasteiger partial charge is 0.418 e. The minimum Gasteiger partial charge on any atom is -0.382 e. The van der Waals surface area contributed by atoms with E-state index in [1.54, 1.807) is 0 Å². The van der Waals surface area contributed by atoms with E-state index in [9.17, 15) is 27.6 Å². The lowest BCUT2D eigenvalue weighted by molar-refractivity contribution is -0.140. The van der Waals surface area contributed by atoms with Gasteiger partial charge in [0.05, 0.1) is 31.1 Å². The summed E-state index contributed by atoms with van der Waals surface area (Å²) in [6.07, 6.45) is -3.08. The van der Waals surface area contributed by atoms with Gasteiger partial charge < -0.3 is 9.47 Å². The van der Waals surface area contributed by atoms with Gasteiger partial charge in [0.25, 0.3) is 0 Å². The lowest BCUT2D eigenvalue weighted by Crippen LogP contribution is -2.41. The van der Waals surface area contributed by atoms with Gasteiger partial charge in [0.1, 0.15) is 11.6 Å². The first kappa shape index (κ1) is 20.6. The minimum absolute atomic E-state index is 0.0522. The number of carbonyl (C=O) groups excluding carboxylic acids is 3. The molecule has 1 heterocycles. The Bertz CT molecular complexity index is 770. The van der Waals surface area contributed by atoms with Crippen molar-refractivity contribution in [2.45, 2.75) is 32.0 Å². The molecule has 152 valence electrons. The molecule has 0 radical (unpaired) electrons. The summed E-state index contributed by atoms with van der Waals surface area (Å²) in [6, 6.07) is 1.66. The molecular weight excluding hydrogens is 379 g/mol. The predicted molar refractivity (Wildman–Crippen MR) is 89.4 cm³/mol. The molecule has 0 aliphatic heterocycles. The second-order valence-electron chi connectivity index (χ2n) is 7.04. The van der Waals surface area contributed by atoms with Gasteiger partial charge in [-0.25, -0.2) is 4.98 Å². The molecule has 0 saturated heterocycles. The van der Waals surface area contributed by atoms with E-state index >= 15 is 0 Å². The summed E-state index contributed by atoms with van der Waals surface area (Å²) >= 11 is 0. The zero-order chi connectivity index (χ0) is 20.5. The molecule has 2 saturated carbocycles. The molecule has 1 aromatic rings. The van der Waals surface area contributed by atoms with Crippen LogP contribution in [0.5, 0.6) is 0 Å². The number of aromatic nitrogens is 1. The fraction of sp³-hybridized carbons (Fsp3) is 0.579. The van der Waals surface area contributed by atoms with Crippen molar-refractivity contribution in [1.82, 2.24) is 4.98 Å². The van der Waals surface area contributed by atoms with Crippen molar-refractivity contribution in [3.63, 3.8) is 0 Å². The molecule has 2 aliphatic carbocycles. The Morgan fingerprint density at radius 3 is 2.36 bits per heavy atom. The number of Topliss-reactive ketones (excluding diaryl/α,β-unsaturated/α-hetero) is 3. The van der Waals surface area contributed by atoms with Crippen LogP contribution in [0.25, 0.3) is 0 Å². The molecule has 2 fully saturated rings. The van der Waals surface area contributed by atoms with Crippen molar-refractivity contribution in [2.75, 3.05) is 20.3 Å². The molecule has 0 aromatic carbocycles. The summed E-state index contributed by atoms with van der Waals surface area (Å²) < 4.78 is 49.6. The zero-order valence-electron chi connectivity index (χ0n) is 15.3. The summed E-state index contributed by atoms with van der Waals surface area (Å²) in [5.74, 6) is -3.84. The van der Waals surface area contributed by atoms with Crippen LogP contribution in [0.2, 0.25) is 0 Å². The van der Waals surface area contributed by atoms with Crippen LogP contribution in [0, 0.1) is 17.8 Å². The number of ether oxygens (including phenoxy) is 2. The second-order valence-corrected chi connectivity index (χ2v) is 7.04. The van der Waals surface area contributed by atoms with E-state index in [0.717, 1.165) is 12.1 Å². The molecule has 3 rings (SSSR count). The van der Waals surface area contributed by atoms with Gasteiger partial charge in [-0.3, -0.25) is 14.4 Å². The average Bonchev–Trinajstić information content (AvgIpc) is 3.10. The molecular formula is C19H20F3NO5. The van der Waals surface area contributed by atoms with Crippen LogP contribution < -0.4 is 0 Å². The lowest BCUT2D eigenvalue weighted by Gasteiger charge is -2.24. The molecule has 6 nitrogen and oxygen atoms in total. The van der Waals surface area contributed by atoms with Gasteiger partial charge >= 0.3 is 6.18 Å². The number of fused-ring (bicyclic) bond motifs is 2. The van der Waals surface area contributed by atoms with Crippen molar-refractivity contribution in [1.29, 1.82) is 0 Å². The van der Waals surface area contributed by atoms with Crippen LogP contribution in [-0.2, 0) is 31.8 Å². The van der Waals surface area contributed by atoms with Crippen molar-refractivity contribution in [3.8, 4) is 0 Å². The maximum atomic E-state index is 13.2. The number of alkyl halides is 3. The summed E-state index contributed by atoms with van der Waals surface area (Å²) in [7, 11) is 1.42. The normalized spacial score (nSPS) is 24.6. The molecule has 0 amide bonds. The lowest BCUT2D eigenvalue weighted by atomic mass is 9.76. The zero-order valence-corrected chi connectivity index (χ0v) is 15.3. The van der Waals surface area contributed by atoms with Crippen LogP contribution in [0.1, 0.15) is 41.0 Å². The number of hydrogen-bond acceptors (Lipinski definition) is 6. The highest BCUT2D eigenvalue weighted by Crippen LogP contribution is 2.41. The van der Waals surface area contributed by atoms with Crippen LogP contribution in [0.3, 0.4) is 0 Å². The number of hydrogen-bond donors (Lipinski definition) is 0. The SMILES string of the molecule is COCCOCc1nc(C(=O)C2C(=O)C3CCC(C3)C2=O)ccc1C(F)(F)F. The van der Waals surface area contributed by atoms with E-state index in [0.29, 0.717) is 19.3 Å². The molecule has 9 heteroatoms. The molecule has 0 spiro atoms. The van der Waals surface area contributed by atoms with Crippen LogP contribution in [-0.4, -0.2) is 42.7 Å². The Kier molecular flexibility index (Phi) is 5.95. The van der Waals surface area contributed by atoms with Crippen molar-refractivity contribution >= 4 is 17.3 Å². The maximum absolute atomic E-state index is 13.2. The number of pyridine rings is 1. The molecule has 2 aliphatic rings. The third kappa shape index (κ3) is 4.00. The van der Waals surface area contributed by atoms with Gasteiger partial charge in [0, 0.05) is 18.9 Å². The van der Waals surface area contributed by atoms with Crippen LogP contribution >= 0.6 is 0 Å². The monoisotopic (exact) mass is 399 g/mol. The summed E-state index contributed by atoms with van der Waals surface area (Å²) in [5.41, 5.74) is -1.82. The number of nitrogens with zero attached hydrogens (tertiary/aromatic N) is 1. The average molecular weight is 399 g/mol. The van der Waals surface area contributed by atoms with Gasteiger partial charge in [-0.05, 0) is 31.4 Å². The molecule has 2 atom stereocenters.